The largest absolute Gasteiger partial charge is 0.494 e. The average Bonchev–Trinajstić information content (AvgIpc) is 2.54. The van der Waals surface area contributed by atoms with Crippen molar-refractivity contribution < 1.29 is 18.1 Å². The normalized spacial score (nSPS) is 11.3. The number of benzene rings is 2. The van der Waals surface area contributed by atoms with Gasteiger partial charge < -0.3 is 4.74 Å². The molecule has 0 spiro atoms. The molecule has 2 rings (SSSR count). The van der Waals surface area contributed by atoms with Crippen molar-refractivity contribution in [2.75, 3.05) is 11.3 Å². The van der Waals surface area contributed by atoms with E-state index in [0.29, 0.717) is 24.0 Å². The molecule has 7 nitrogen and oxygen atoms in total. The van der Waals surface area contributed by atoms with E-state index in [1.54, 1.807) is 24.3 Å². The topological polar surface area (TPSA) is 98.5 Å². The Morgan fingerprint density at radius 2 is 1.84 bits per heavy atom. The van der Waals surface area contributed by atoms with Gasteiger partial charge in [-0.15, -0.1) is 0 Å². The first-order valence-corrected chi connectivity index (χ1v) is 9.26. The molecule has 134 valence electrons. The third-order valence-corrected chi connectivity index (χ3v) is 4.81. The lowest BCUT2D eigenvalue weighted by molar-refractivity contribution is -0.384. The summed E-state index contributed by atoms with van der Waals surface area (Å²) in [4.78, 5) is 10.0. The van der Waals surface area contributed by atoms with Crippen LogP contribution >= 0.6 is 0 Å². The zero-order valence-electron chi connectivity index (χ0n) is 14.0. The molecule has 0 fully saturated rings. The van der Waals surface area contributed by atoms with Gasteiger partial charge in [-0.05, 0) is 36.6 Å². The number of nitrogens with zero attached hydrogens (tertiary/aromatic N) is 1. The van der Waals surface area contributed by atoms with Gasteiger partial charge in [-0.3, -0.25) is 14.8 Å². The van der Waals surface area contributed by atoms with Crippen LogP contribution in [0.4, 0.5) is 11.4 Å². The minimum absolute atomic E-state index is 0.0516. The number of ether oxygens (including phenoxy) is 1. The van der Waals surface area contributed by atoms with Crippen LogP contribution in [0.5, 0.6) is 5.75 Å². The lowest BCUT2D eigenvalue weighted by atomic mass is 10.1. The molecule has 0 heterocycles. The van der Waals surface area contributed by atoms with Gasteiger partial charge in [-0.25, -0.2) is 8.42 Å². The highest BCUT2D eigenvalue weighted by molar-refractivity contribution is 7.92. The summed E-state index contributed by atoms with van der Waals surface area (Å²) in [6.45, 7) is 4.74. The van der Waals surface area contributed by atoms with Crippen molar-refractivity contribution in [3.63, 3.8) is 0 Å². The van der Waals surface area contributed by atoms with Crippen molar-refractivity contribution in [1.29, 1.82) is 0 Å². The van der Waals surface area contributed by atoms with Crippen LogP contribution < -0.4 is 9.46 Å². The molecular weight excluding hydrogens is 344 g/mol. The summed E-state index contributed by atoms with van der Waals surface area (Å²) in [7, 11) is -3.83. The van der Waals surface area contributed by atoms with Crippen molar-refractivity contribution in [3.05, 3.63) is 58.6 Å². The van der Waals surface area contributed by atoms with E-state index in [9.17, 15) is 18.5 Å². The first kappa shape index (κ1) is 18.7. The summed E-state index contributed by atoms with van der Waals surface area (Å²) >= 11 is 0. The number of hydrogen-bond acceptors (Lipinski definition) is 5. The number of sulfonamides is 1. The Bertz CT molecular complexity index is 832. The summed E-state index contributed by atoms with van der Waals surface area (Å²) in [6, 6.07) is 11.4. The first-order valence-electron chi connectivity index (χ1n) is 7.78. The molecule has 0 amide bonds. The Morgan fingerprint density at radius 1 is 1.16 bits per heavy atom. The molecule has 0 aliphatic carbocycles. The van der Waals surface area contributed by atoms with E-state index in [2.05, 4.69) is 18.6 Å². The van der Waals surface area contributed by atoms with Gasteiger partial charge in [0.05, 0.1) is 22.1 Å². The molecule has 0 aliphatic heterocycles. The Balaban J connectivity index is 2.10. The van der Waals surface area contributed by atoms with Crippen LogP contribution in [0.2, 0.25) is 0 Å². The fourth-order valence-electron chi connectivity index (χ4n) is 2.02. The van der Waals surface area contributed by atoms with Crippen LogP contribution in [-0.4, -0.2) is 19.9 Å². The van der Waals surface area contributed by atoms with Crippen LogP contribution in [0, 0.1) is 16.0 Å². The van der Waals surface area contributed by atoms with Gasteiger partial charge in [-0.1, -0.05) is 19.9 Å². The maximum absolute atomic E-state index is 12.4. The Kier molecular flexibility index (Phi) is 5.97. The van der Waals surface area contributed by atoms with Gasteiger partial charge in [0.15, 0.2) is 0 Å². The zero-order valence-corrected chi connectivity index (χ0v) is 14.8. The molecule has 25 heavy (non-hydrogen) atoms. The maximum Gasteiger partial charge on any atom is 0.269 e. The van der Waals surface area contributed by atoms with E-state index >= 15 is 0 Å². The molecule has 2 aromatic rings. The van der Waals surface area contributed by atoms with Gasteiger partial charge in [0, 0.05) is 18.2 Å². The summed E-state index contributed by atoms with van der Waals surface area (Å²) in [5.41, 5.74) is 0.194. The number of nitro groups is 1. The van der Waals surface area contributed by atoms with Crippen molar-refractivity contribution >= 4 is 21.4 Å². The van der Waals surface area contributed by atoms with E-state index in [0.717, 1.165) is 18.6 Å². The fraction of sp³-hybridized carbons (Fsp3) is 0.294. The van der Waals surface area contributed by atoms with Crippen LogP contribution in [0.3, 0.4) is 0 Å². The highest BCUT2D eigenvalue weighted by atomic mass is 32.2. The number of anilines is 1. The maximum atomic E-state index is 12.4. The number of non-ortho nitro benzene ring substituents is 1. The third-order valence-electron chi connectivity index (χ3n) is 3.41. The lowest BCUT2D eigenvalue weighted by Crippen LogP contribution is -2.13. The van der Waals surface area contributed by atoms with E-state index in [1.165, 1.54) is 12.1 Å². The van der Waals surface area contributed by atoms with Crippen molar-refractivity contribution in [2.45, 2.75) is 25.2 Å². The van der Waals surface area contributed by atoms with E-state index < -0.39 is 14.9 Å². The summed E-state index contributed by atoms with van der Waals surface area (Å²) in [6.07, 6.45) is 0.902. The zero-order chi connectivity index (χ0) is 18.4. The van der Waals surface area contributed by atoms with Crippen LogP contribution in [0.15, 0.2) is 53.4 Å². The standard InChI is InChI=1S/C17H20N2O5S/c1-13(2)10-11-24-16-5-3-4-14(12-16)18-25(22,23)17-8-6-15(7-9-17)19(20)21/h3-9,12-13,18H,10-11H2,1-2H3. The lowest BCUT2D eigenvalue weighted by Gasteiger charge is -2.11. The van der Waals surface area contributed by atoms with Crippen molar-refractivity contribution in [3.8, 4) is 5.75 Å². The van der Waals surface area contributed by atoms with Crippen LogP contribution in [0.25, 0.3) is 0 Å². The number of hydrogen-bond donors (Lipinski definition) is 1. The molecule has 1 N–H and O–H groups in total. The molecule has 0 radical (unpaired) electrons. The minimum Gasteiger partial charge on any atom is -0.494 e. The predicted octanol–water partition coefficient (Wildman–Crippen LogP) is 3.82. The Hall–Kier alpha value is -2.61. The molecule has 2 aromatic carbocycles. The molecule has 8 heteroatoms. The highest BCUT2D eigenvalue weighted by Crippen LogP contribution is 2.22. The third kappa shape index (κ3) is 5.46. The molecule has 0 saturated carbocycles. The second kappa shape index (κ2) is 7.98. The molecule has 0 aliphatic rings. The Labute approximate surface area is 146 Å². The van der Waals surface area contributed by atoms with Crippen LogP contribution in [0.1, 0.15) is 20.3 Å². The summed E-state index contributed by atoms with van der Waals surface area (Å²) in [5.74, 6) is 1.09. The smallest absolute Gasteiger partial charge is 0.269 e. The van der Waals surface area contributed by atoms with E-state index in [4.69, 9.17) is 4.74 Å². The first-order chi connectivity index (χ1) is 11.8. The van der Waals surface area contributed by atoms with Gasteiger partial charge >= 0.3 is 0 Å². The summed E-state index contributed by atoms with van der Waals surface area (Å²) < 4.78 is 32.8. The highest BCUT2D eigenvalue weighted by Gasteiger charge is 2.16. The molecule has 0 bridgehead atoms. The number of nitro benzene ring substituents is 1. The molecule has 0 saturated heterocycles. The second-order valence-electron chi connectivity index (χ2n) is 5.92. The van der Waals surface area contributed by atoms with Crippen LogP contribution in [-0.2, 0) is 10.0 Å². The average molecular weight is 364 g/mol. The molecule has 0 atom stereocenters. The summed E-state index contributed by atoms with van der Waals surface area (Å²) in [5, 5.41) is 10.6. The van der Waals surface area contributed by atoms with E-state index in [-0.39, 0.29) is 10.6 Å². The van der Waals surface area contributed by atoms with Gasteiger partial charge in [0.2, 0.25) is 0 Å². The molecule has 0 unspecified atom stereocenters. The number of nitrogens with one attached hydrogen (secondary N) is 1. The molecular formula is C17H20N2O5S. The predicted molar refractivity (Wildman–Crippen MR) is 95.3 cm³/mol. The fourth-order valence-corrected chi connectivity index (χ4v) is 3.07. The van der Waals surface area contributed by atoms with Crippen molar-refractivity contribution in [2.24, 2.45) is 5.92 Å². The second-order valence-corrected chi connectivity index (χ2v) is 7.60. The van der Waals surface area contributed by atoms with Gasteiger partial charge in [0.25, 0.3) is 15.7 Å². The van der Waals surface area contributed by atoms with E-state index in [1.807, 2.05) is 0 Å². The SMILES string of the molecule is CC(C)CCOc1cccc(NS(=O)(=O)c2ccc([N+](=O)[O-])cc2)c1. The molecule has 0 aromatic heterocycles. The monoisotopic (exact) mass is 364 g/mol. The van der Waals surface area contributed by atoms with Gasteiger partial charge in [0.1, 0.15) is 5.75 Å². The minimum atomic E-state index is -3.83. The quantitative estimate of drug-likeness (QED) is 0.567. The Morgan fingerprint density at radius 3 is 2.44 bits per heavy atom. The van der Waals surface area contributed by atoms with Crippen molar-refractivity contribution in [1.82, 2.24) is 0 Å². The van der Waals surface area contributed by atoms with Gasteiger partial charge in [-0.2, -0.15) is 0 Å². The number of rotatable bonds is 8.